The molecule has 0 spiro atoms. The molecule has 1 aliphatic heterocycles. The van der Waals surface area contributed by atoms with Gasteiger partial charge in [-0.1, -0.05) is 42.0 Å². The van der Waals surface area contributed by atoms with Gasteiger partial charge in [0, 0.05) is 38.4 Å². The molecule has 1 aromatic heterocycles. The van der Waals surface area contributed by atoms with Crippen LogP contribution in [0.15, 0.2) is 48.7 Å². The van der Waals surface area contributed by atoms with Gasteiger partial charge >= 0.3 is 0 Å². The largest absolute Gasteiger partial charge is 0.368 e. The normalized spacial score (nSPS) is 14.2. The maximum Gasteiger partial charge on any atom is 0.247 e. The second kappa shape index (κ2) is 8.47. The van der Waals surface area contributed by atoms with Gasteiger partial charge in [0.05, 0.1) is 6.20 Å². The molecule has 2 heterocycles. The first-order valence-corrected chi connectivity index (χ1v) is 10.2. The van der Waals surface area contributed by atoms with E-state index in [4.69, 9.17) is 0 Å². The van der Waals surface area contributed by atoms with Crippen LogP contribution in [0.5, 0.6) is 0 Å². The monoisotopic (exact) mass is 388 g/mol. The zero-order valence-electron chi connectivity index (χ0n) is 17.4. The lowest BCUT2D eigenvalue weighted by Crippen LogP contribution is -2.47. The van der Waals surface area contributed by atoms with Crippen LogP contribution in [-0.2, 0) is 6.54 Å². The summed E-state index contributed by atoms with van der Waals surface area (Å²) >= 11 is 0. The fourth-order valence-corrected chi connectivity index (χ4v) is 3.75. The van der Waals surface area contributed by atoms with Crippen LogP contribution >= 0.6 is 0 Å². The maximum absolute atomic E-state index is 4.69. The number of nitrogens with zero attached hydrogens (tertiary/aromatic N) is 5. The molecule has 0 amide bonds. The minimum atomic E-state index is 0.694. The van der Waals surface area contributed by atoms with Crippen molar-refractivity contribution in [2.75, 3.05) is 41.3 Å². The fraction of sp³-hybridized carbons (Fsp3) is 0.348. The highest BCUT2D eigenvalue weighted by Crippen LogP contribution is 2.24. The number of nitrogens with one attached hydrogen (secondary N) is 1. The molecule has 6 nitrogen and oxygen atoms in total. The number of hydrogen-bond acceptors (Lipinski definition) is 6. The van der Waals surface area contributed by atoms with Crippen LogP contribution < -0.4 is 15.1 Å². The SMILES string of the molecule is Cc1cccc(CNc2cnnc(N3CCN(c4cccc(C)c4C)CC3)n2)c1. The van der Waals surface area contributed by atoms with E-state index in [2.05, 4.69) is 93.5 Å². The highest BCUT2D eigenvalue weighted by molar-refractivity contribution is 5.57. The standard InChI is InChI=1S/C23H28N6/c1-17-6-4-8-20(14-17)15-24-22-16-25-27-23(26-22)29-12-10-28(11-13-29)21-9-5-7-18(2)19(21)3/h4-9,14,16H,10-13,15H2,1-3H3,(H,24,26,27). The van der Waals surface area contributed by atoms with Gasteiger partial charge in [-0.15, -0.1) is 5.10 Å². The molecule has 1 N–H and O–H groups in total. The van der Waals surface area contributed by atoms with Crippen molar-refractivity contribution in [3.8, 4) is 0 Å². The molecule has 3 aromatic rings. The van der Waals surface area contributed by atoms with Crippen LogP contribution in [-0.4, -0.2) is 41.4 Å². The molecule has 1 aliphatic rings. The topological polar surface area (TPSA) is 57.2 Å². The number of benzene rings is 2. The molecule has 0 bridgehead atoms. The summed E-state index contributed by atoms with van der Waals surface area (Å²) in [5.41, 5.74) is 6.52. The van der Waals surface area contributed by atoms with Crippen LogP contribution in [0.2, 0.25) is 0 Å². The van der Waals surface area contributed by atoms with Crippen molar-refractivity contribution in [3.05, 3.63) is 70.9 Å². The van der Waals surface area contributed by atoms with E-state index in [1.165, 1.54) is 27.9 Å². The number of piperazine rings is 1. The van der Waals surface area contributed by atoms with E-state index in [0.717, 1.165) is 38.5 Å². The molecule has 150 valence electrons. The van der Waals surface area contributed by atoms with Gasteiger partial charge in [0.1, 0.15) is 0 Å². The third-order valence-electron chi connectivity index (χ3n) is 5.58. The molecular weight excluding hydrogens is 360 g/mol. The Morgan fingerprint density at radius 3 is 2.48 bits per heavy atom. The predicted octanol–water partition coefficient (Wildman–Crippen LogP) is 3.74. The highest BCUT2D eigenvalue weighted by atomic mass is 15.4. The Bertz CT molecular complexity index is 979. The van der Waals surface area contributed by atoms with Gasteiger partial charge in [0.15, 0.2) is 5.82 Å². The number of aromatic nitrogens is 3. The Kier molecular flexibility index (Phi) is 5.60. The van der Waals surface area contributed by atoms with Gasteiger partial charge in [-0.05, 0) is 43.5 Å². The van der Waals surface area contributed by atoms with Crippen LogP contribution in [0, 0.1) is 20.8 Å². The minimum absolute atomic E-state index is 0.694. The zero-order chi connectivity index (χ0) is 20.2. The van der Waals surface area contributed by atoms with E-state index in [-0.39, 0.29) is 0 Å². The Balaban J connectivity index is 1.38. The first-order valence-electron chi connectivity index (χ1n) is 10.2. The summed E-state index contributed by atoms with van der Waals surface area (Å²) < 4.78 is 0. The van der Waals surface area contributed by atoms with Gasteiger partial charge < -0.3 is 15.1 Å². The van der Waals surface area contributed by atoms with Gasteiger partial charge in [-0.25, -0.2) is 0 Å². The average molecular weight is 389 g/mol. The molecule has 1 saturated heterocycles. The smallest absolute Gasteiger partial charge is 0.247 e. The lowest BCUT2D eigenvalue weighted by Gasteiger charge is -2.36. The lowest BCUT2D eigenvalue weighted by molar-refractivity contribution is 0.634. The lowest BCUT2D eigenvalue weighted by atomic mass is 10.1. The van der Waals surface area contributed by atoms with Crippen molar-refractivity contribution in [1.29, 1.82) is 0 Å². The maximum atomic E-state index is 4.69. The van der Waals surface area contributed by atoms with E-state index in [9.17, 15) is 0 Å². The summed E-state index contributed by atoms with van der Waals surface area (Å²) in [5, 5.41) is 11.8. The first-order chi connectivity index (χ1) is 14.1. The highest BCUT2D eigenvalue weighted by Gasteiger charge is 2.21. The van der Waals surface area contributed by atoms with E-state index < -0.39 is 0 Å². The predicted molar refractivity (Wildman–Crippen MR) is 119 cm³/mol. The molecule has 6 heteroatoms. The minimum Gasteiger partial charge on any atom is -0.368 e. The van der Waals surface area contributed by atoms with E-state index in [1.807, 2.05) is 0 Å². The van der Waals surface area contributed by atoms with Crippen molar-refractivity contribution < 1.29 is 0 Å². The Morgan fingerprint density at radius 1 is 0.931 bits per heavy atom. The molecule has 1 fully saturated rings. The summed E-state index contributed by atoms with van der Waals surface area (Å²) in [4.78, 5) is 9.35. The summed E-state index contributed by atoms with van der Waals surface area (Å²) in [7, 11) is 0. The third-order valence-corrected chi connectivity index (χ3v) is 5.58. The number of aryl methyl sites for hydroxylation is 2. The van der Waals surface area contributed by atoms with E-state index >= 15 is 0 Å². The van der Waals surface area contributed by atoms with Crippen molar-refractivity contribution >= 4 is 17.5 Å². The molecule has 2 aromatic carbocycles. The Morgan fingerprint density at radius 2 is 1.69 bits per heavy atom. The van der Waals surface area contributed by atoms with E-state index in [0.29, 0.717) is 5.95 Å². The van der Waals surface area contributed by atoms with Crippen molar-refractivity contribution in [2.45, 2.75) is 27.3 Å². The van der Waals surface area contributed by atoms with Crippen LogP contribution in [0.25, 0.3) is 0 Å². The van der Waals surface area contributed by atoms with Gasteiger partial charge in [0.25, 0.3) is 0 Å². The molecule has 0 saturated carbocycles. The number of rotatable bonds is 5. The molecule has 4 rings (SSSR count). The summed E-state index contributed by atoms with van der Waals surface area (Å²) in [6, 6.07) is 15.0. The second-order valence-corrected chi connectivity index (χ2v) is 7.68. The third kappa shape index (κ3) is 4.47. The molecule has 0 radical (unpaired) electrons. The second-order valence-electron chi connectivity index (χ2n) is 7.68. The Hall–Kier alpha value is -3.15. The summed E-state index contributed by atoms with van der Waals surface area (Å²) in [6.07, 6.45) is 1.69. The van der Waals surface area contributed by atoms with Crippen molar-refractivity contribution in [3.63, 3.8) is 0 Å². The fourth-order valence-electron chi connectivity index (χ4n) is 3.75. The molecule has 0 aliphatic carbocycles. The van der Waals surface area contributed by atoms with E-state index in [1.54, 1.807) is 6.20 Å². The quantitative estimate of drug-likeness (QED) is 0.719. The first kappa shape index (κ1) is 19.2. The molecule has 0 atom stereocenters. The summed E-state index contributed by atoms with van der Waals surface area (Å²) in [6.45, 7) is 10.9. The molecular formula is C23H28N6. The Labute approximate surface area is 172 Å². The molecule has 0 unspecified atom stereocenters. The van der Waals surface area contributed by atoms with Gasteiger partial charge in [-0.2, -0.15) is 10.1 Å². The van der Waals surface area contributed by atoms with Crippen LogP contribution in [0.1, 0.15) is 22.3 Å². The molecule has 29 heavy (non-hydrogen) atoms. The zero-order valence-corrected chi connectivity index (χ0v) is 17.4. The number of anilines is 3. The average Bonchev–Trinajstić information content (AvgIpc) is 2.75. The summed E-state index contributed by atoms with van der Waals surface area (Å²) in [5.74, 6) is 1.45. The van der Waals surface area contributed by atoms with Crippen LogP contribution in [0.3, 0.4) is 0 Å². The van der Waals surface area contributed by atoms with Crippen LogP contribution in [0.4, 0.5) is 17.5 Å². The van der Waals surface area contributed by atoms with Gasteiger partial charge in [-0.3, -0.25) is 0 Å². The van der Waals surface area contributed by atoms with Crippen molar-refractivity contribution in [1.82, 2.24) is 15.2 Å². The van der Waals surface area contributed by atoms with Gasteiger partial charge in [0.2, 0.25) is 5.95 Å². The van der Waals surface area contributed by atoms with Crippen molar-refractivity contribution in [2.24, 2.45) is 0 Å². The number of hydrogen-bond donors (Lipinski definition) is 1.